The standard InChI is InChI=1S/C22H27Cl2N3O2S/c1-15-6-9-20(27-12-10-26(2)11-13-27)18-14-16(7-8-17(15)18)25-30(28,29)21-5-3-4-19(23)22(21)24/h3-6,9,16,25H,7-8,10-14H2,1-2H3/t16-/m1/s1. The maximum atomic E-state index is 13.0. The van der Waals surface area contributed by atoms with Crippen LogP contribution in [0.2, 0.25) is 10.0 Å². The van der Waals surface area contributed by atoms with Crippen molar-refractivity contribution in [2.75, 3.05) is 38.1 Å². The summed E-state index contributed by atoms with van der Waals surface area (Å²) in [6.45, 7) is 6.18. The van der Waals surface area contributed by atoms with Crippen molar-refractivity contribution >= 4 is 38.9 Å². The summed E-state index contributed by atoms with van der Waals surface area (Å²) in [5, 5.41) is 0.304. The van der Waals surface area contributed by atoms with Gasteiger partial charge in [0.1, 0.15) is 4.90 Å². The Morgan fingerprint density at radius 1 is 1.03 bits per heavy atom. The lowest BCUT2D eigenvalue weighted by molar-refractivity contribution is 0.312. The Morgan fingerprint density at radius 3 is 2.50 bits per heavy atom. The number of nitrogens with one attached hydrogen (secondary N) is 1. The summed E-state index contributed by atoms with van der Waals surface area (Å²) in [5.74, 6) is 0. The average Bonchev–Trinajstić information content (AvgIpc) is 2.71. The molecule has 1 atom stereocenters. The first-order valence-corrected chi connectivity index (χ1v) is 12.5. The van der Waals surface area contributed by atoms with E-state index in [9.17, 15) is 8.42 Å². The van der Waals surface area contributed by atoms with Gasteiger partial charge in [-0.1, -0.05) is 35.3 Å². The number of piperazine rings is 1. The third kappa shape index (κ3) is 4.34. The number of rotatable bonds is 4. The second kappa shape index (κ2) is 8.67. The normalized spacial score (nSPS) is 20.3. The Morgan fingerprint density at radius 2 is 1.77 bits per heavy atom. The number of halogens is 2. The van der Waals surface area contributed by atoms with Gasteiger partial charge in [-0.2, -0.15) is 0 Å². The van der Waals surface area contributed by atoms with E-state index in [0.717, 1.165) is 39.0 Å². The summed E-state index contributed by atoms with van der Waals surface area (Å²) in [5.41, 5.74) is 5.16. The van der Waals surface area contributed by atoms with Crippen LogP contribution in [0.1, 0.15) is 23.1 Å². The van der Waals surface area contributed by atoms with Crippen LogP contribution in [0.25, 0.3) is 0 Å². The molecule has 0 spiro atoms. The van der Waals surface area contributed by atoms with Gasteiger partial charge in [0.05, 0.1) is 10.0 Å². The van der Waals surface area contributed by atoms with Crippen LogP contribution in [0.15, 0.2) is 35.2 Å². The molecule has 8 heteroatoms. The van der Waals surface area contributed by atoms with Crippen molar-refractivity contribution < 1.29 is 8.42 Å². The monoisotopic (exact) mass is 467 g/mol. The largest absolute Gasteiger partial charge is 0.369 e. The first-order chi connectivity index (χ1) is 14.3. The smallest absolute Gasteiger partial charge is 0.242 e. The molecular weight excluding hydrogens is 441 g/mol. The van der Waals surface area contributed by atoms with Crippen molar-refractivity contribution in [3.8, 4) is 0 Å². The molecule has 162 valence electrons. The SMILES string of the molecule is Cc1ccc(N2CCN(C)CC2)c2c1CC[C@@H](NS(=O)(=O)c1cccc(Cl)c1Cl)C2. The maximum Gasteiger partial charge on any atom is 0.242 e. The van der Waals surface area contributed by atoms with E-state index in [1.807, 2.05) is 0 Å². The molecule has 1 aliphatic heterocycles. The highest BCUT2D eigenvalue weighted by atomic mass is 35.5. The zero-order chi connectivity index (χ0) is 21.5. The average molecular weight is 468 g/mol. The molecule has 5 nitrogen and oxygen atoms in total. The first kappa shape index (κ1) is 21.9. The lowest BCUT2D eigenvalue weighted by Gasteiger charge is -2.37. The van der Waals surface area contributed by atoms with Gasteiger partial charge < -0.3 is 9.80 Å². The van der Waals surface area contributed by atoms with E-state index in [4.69, 9.17) is 23.2 Å². The second-order valence-corrected chi connectivity index (χ2v) is 10.7. The molecule has 0 bridgehead atoms. The van der Waals surface area contributed by atoms with E-state index in [-0.39, 0.29) is 21.0 Å². The second-order valence-electron chi connectivity index (χ2n) is 8.26. The molecule has 0 radical (unpaired) electrons. The number of anilines is 1. The van der Waals surface area contributed by atoms with Crippen LogP contribution in [0, 0.1) is 6.92 Å². The van der Waals surface area contributed by atoms with Crippen molar-refractivity contribution in [2.24, 2.45) is 0 Å². The third-order valence-electron chi connectivity index (χ3n) is 6.21. The van der Waals surface area contributed by atoms with Crippen LogP contribution in [0.3, 0.4) is 0 Å². The molecule has 0 amide bonds. The molecule has 2 aliphatic rings. The van der Waals surface area contributed by atoms with Crippen LogP contribution < -0.4 is 9.62 Å². The molecule has 4 rings (SSSR count). The molecule has 0 unspecified atom stereocenters. The Kier molecular flexibility index (Phi) is 6.33. The summed E-state index contributed by atoms with van der Waals surface area (Å²) in [6.07, 6.45) is 2.30. The molecule has 1 fully saturated rings. The van der Waals surface area contributed by atoms with E-state index >= 15 is 0 Å². The zero-order valence-electron chi connectivity index (χ0n) is 17.3. The molecule has 2 aromatic carbocycles. The van der Waals surface area contributed by atoms with Gasteiger partial charge in [0.15, 0.2) is 0 Å². The highest BCUT2D eigenvalue weighted by molar-refractivity contribution is 7.89. The predicted octanol–water partition coefficient (Wildman–Crippen LogP) is 3.89. The number of fused-ring (bicyclic) bond motifs is 1. The molecule has 0 saturated carbocycles. The minimum Gasteiger partial charge on any atom is -0.369 e. The number of nitrogens with zero attached hydrogens (tertiary/aromatic N) is 2. The molecular formula is C22H27Cl2N3O2S. The topological polar surface area (TPSA) is 52.6 Å². The molecule has 1 aliphatic carbocycles. The van der Waals surface area contributed by atoms with Gasteiger partial charge >= 0.3 is 0 Å². The summed E-state index contributed by atoms with van der Waals surface area (Å²) in [7, 11) is -1.61. The van der Waals surface area contributed by atoms with E-state index in [0.29, 0.717) is 6.42 Å². The number of hydrogen-bond acceptors (Lipinski definition) is 4. The lowest BCUT2D eigenvalue weighted by Crippen LogP contribution is -2.45. The molecule has 2 aromatic rings. The van der Waals surface area contributed by atoms with E-state index in [2.05, 4.69) is 40.6 Å². The Balaban J connectivity index is 1.60. The highest BCUT2D eigenvalue weighted by Crippen LogP contribution is 2.35. The van der Waals surface area contributed by atoms with Crippen LogP contribution in [-0.4, -0.2) is 52.6 Å². The predicted molar refractivity (Wildman–Crippen MR) is 123 cm³/mol. The Bertz CT molecular complexity index is 1050. The summed E-state index contributed by atoms with van der Waals surface area (Å²) in [6, 6.07) is 8.91. The van der Waals surface area contributed by atoms with Gasteiger partial charge in [-0.05, 0) is 68.1 Å². The molecule has 1 heterocycles. The van der Waals surface area contributed by atoms with Gasteiger partial charge in [0.2, 0.25) is 10.0 Å². The number of sulfonamides is 1. The zero-order valence-corrected chi connectivity index (χ0v) is 19.6. The number of aryl methyl sites for hydroxylation is 1. The molecule has 1 saturated heterocycles. The van der Waals surface area contributed by atoms with Crippen LogP contribution in [-0.2, 0) is 22.9 Å². The minimum absolute atomic E-state index is 0.0333. The minimum atomic E-state index is -3.76. The lowest BCUT2D eigenvalue weighted by atomic mass is 9.84. The van der Waals surface area contributed by atoms with Gasteiger partial charge in [-0.15, -0.1) is 0 Å². The third-order valence-corrected chi connectivity index (χ3v) is 8.70. The number of benzene rings is 2. The van der Waals surface area contributed by atoms with E-state index in [1.165, 1.54) is 28.4 Å². The summed E-state index contributed by atoms with van der Waals surface area (Å²) < 4.78 is 28.9. The number of likely N-dealkylation sites (N-methyl/N-ethyl adjacent to an activating group) is 1. The Hall–Kier alpha value is -1.31. The van der Waals surface area contributed by atoms with Crippen molar-refractivity contribution in [2.45, 2.75) is 37.1 Å². The fourth-order valence-electron chi connectivity index (χ4n) is 4.46. The van der Waals surface area contributed by atoms with Gasteiger partial charge in [0, 0.05) is 37.9 Å². The number of hydrogen-bond donors (Lipinski definition) is 1. The fraction of sp³-hybridized carbons (Fsp3) is 0.455. The molecule has 30 heavy (non-hydrogen) atoms. The molecule has 0 aromatic heterocycles. The van der Waals surface area contributed by atoms with Crippen molar-refractivity contribution in [1.82, 2.24) is 9.62 Å². The Labute approximate surface area is 189 Å². The van der Waals surface area contributed by atoms with Crippen LogP contribution in [0.5, 0.6) is 0 Å². The van der Waals surface area contributed by atoms with E-state index < -0.39 is 10.0 Å². The fourth-order valence-corrected chi connectivity index (χ4v) is 6.49. The van der Waals surface area contributed by atoms with E-state index in [1.54, 1.807) is 12.1 Å². The van der Waals surface area contributed by atoms with Gasteiger partial charge in [0.25, 0.3) is 0 Å². The first-order valence-electron chi connectivity index (χ1n) is 10.3. The maximum absolute atomic E-state index is 13.0. The van der Waals surface area contributed by atoms with Crippen molar-refractivity contribution in [3.63, 3.8) is 0 Å². The quantitative estimate of drug-likeness (QED) is 0.740. The van der Waals surface area contributed by atoms with Crippen LogP contribution >= 0.6 is 23.2 Å². The highest BCUT2D eigenvalue weighted by Gasteiger charge is 2.29. The van der Waals surface area contributed by atoms with Crippen LogP contribution in [0.4, 0.5) is 5.69 Å². The summed E-state index contributed by atoms with van der Waals surface area (Å²) in [4.78, 5) is 4.80. The summed E-state index contributed by atoms with van der Waals surface area (Å²) >= 11 is 12.2. The molecule has 1 N–H and O–H groups in total. The van der Waals surface area contributed by atoms with Gasteiger partial charge in [-0.25, -0.2) is 13.1 Å². The van der Waals surface area contributed by atoms with Gasteiger partial charge in [-0.3, -0.25) is 0 Å². The van der Waals surface area contributed by atoms with Crippen molar-refractivity contribution in [1.29, 1.82) is 0 Å². The van der Waals surface area contributed by atoms with Crippen molar-refractivity contribution in [3.05, 3.63) is 57.1 Å².